The highest BCUT2D eigenvalue weighted by molar-refractivity contribution is 7.89. The minimum Gasteiger partial charge on any atom is -0.318 e. The Morgan fingerprint density at radius 3 is 2.40 bits per heavy atom. The number of likely N-dealkylation sites (N-methyl/N-ethyl adjacent to an activating group) is 1. The molecule has 4 nitrogen and oxygen atoms in total. The molecule has 0 saturated carbocycles. The molecule has 0 bridgehead atoms. The minimum absolute atomic E-state index is 0.0742. The van der Waals surface area contributed by atoms with Gasteiger partial charge in [0.25, 0.3) is 0 Å². The van der Waals surface area contributed by atoms with Crippen molar-refractivity contribution in [2.45, 2.75) is 44.6 Å². The van der Waals surface area contributed by atoms with Crippen molar-refractivity contribution >= 4 is 10.0 Å². The second-order valence-corrected chi connectivity index (χ2v) is 7.52. The molecular weight excluding hydrogens is 272 g/mol. The zero-order chi connectivity index (χ0) is 14.9. The molecule has 2 rings (SSSR count). The lowest BCUT2D eigenvalue weighted by molar-refractivity contribution is 0.378. The highest BCUT2D eigenvalue weighted by Gasteiger charge is 2.36. The molecule has 0 amide bonds. The van der Waals surface area contributed by atoms with E-state index in [1.807, 2.05) is 40.0 Å². The summed E-state index contributed by atoms with van der Waals surface area (Å²) < 4.78 is 27.6. The minimum atomic E-state index is -3.39. The number of nitrogens with zero attached hydrogens (tertiary/aromatic N) is 1. The molecule has 1 aromatic rings. The maximum atomic E-state index is 13.0. The van der Waals surface area contributed by atoms with Crippen molar-refractivity contribution < 1.29 is 8.42 Å². The molecular formula is C15H24N2O2S. The summed E-state index contributed by atoms with van der Waals surface area (Å²) in [4.78, 5) is 0.492. The van der Waals surface area contributed by atoms with Crippen LogP contribution in [0.15, 0.2) is 17.0 Å². The van der Waals surface area contributed by atoms with Gasteiger partial charge in [-0.05, 0) is 51.8 Å². The van der Waals surface area contributed by atoms with Gasteiger partial charge < -0.3 is 5.32 Å². The van der Waals surface area contributed by atoms with Crippen LogP contribution >= 0.6 is 0 Å². The molecule has 1 heterocycles. The van der Waals surface area contributed by atoms with E-state index in [9.17, 15) is 8.42 Å². The van der Waals surface area contributed by atoms with E-state index in [1.165, 1.54) is 0 Å². The number of nitrogens with one attached hydrogen (secondary N) is 1. The number of rotatable bonds is 4. The van der Waals surface area contributed by atoms with Crippen molar-refractivity contribution in [3.05, 3.63) is 28.8 Å². The average Bonchev–Trinajstić information content (AvgIpc) is 2.76. The molecule has 5 heteroatoms. The molecule has 0 aliphatic carbocycles. The Morgan fingerprint density at radius 2 is 1.85 bits per heavy atom. The predicted octanol–water partition coefficient (Wildman–Crippen LogP) is 1.98. The number of sulfonamides is 1. The van der Waals surface area contributed by atoms with Gasteiger partial charge in [0.1, 0.15) is 0 Å². The van der Waals surface area contributed by atoms with Crippen LogP contribution < -0.4 is 5.32 Å². The highest BCUT2D eigenvalue weighted by atomic mass is 32.2. The van der Waals surface area contributed by atoms with Crippen molar-refractivity contribution in [2.75, 3.05) is 20.1 Å². The summed E-state index contributed by atoms with van der Waals surface area (Å²) >= 11 is 0. The van der Waals surface area contributed by atoms with E-state index in [4.69, 9.17) is 0 Å². The van der Waals surface area contributed by atoms with Gasteiger partial charge in [-0.15, -0.1) is 0 Å². The second-order valence-electron chi connectivity index (χ2n) is 5.70. The molecule has 1 aromatic carbocycles. The molecule has 1 aliphatic rings. The second kappa shape index (κ2) is 5.84. The molecule has 0 aromatic heterocycles. The zero-order valence-corrected chi connectivity index (χ0v) is 13.5. The largest absolute Gasteiger partial charge is 0.318 e. The summed E-state index contributed by atoms with van der Waals surface area (Å²) in [6.07, 6.45) is 1.87. The third kappa shape index (κ3) is 2.75. The van der Waals surface area contributed by atoms with E-state index in [0.717, 1.165) is 29.5 Å². The quantitative estimate of drug-likeness (QED) is 0.924. The first-order valence-electron chi connectivity index (χ1n) is 7.12. The Hall–Kier alpha value is -0.910. The van der Waals surface area contributed by atoms with Crippen molar-refractivity contribution in [3.63, 3.8) is 0 Å². The smallest absolute Gasteiger partial charge is 0.243 e. The molecule has 112 valence electrons. The van der Waals surface area contributed by atoms with Gasteiger partial charge in [0, 0.05) is 19.1 Å². The van der Waals surface area contributed by atoms with Crippen molar-refractivity contribution in [3.8, 4) is 0 Å². The molecule has 1 fully saturated rings. The maximum Gasteiger partial charge on any atom is 0.243 e. The van der Waals surface area contributed by atoms with Gasteiger partial charge in [0.2, 0.25) is 10.0 Å². The average molecular weight is 296 g/mol. The normalized spacial score (nSPS) is 20.5. The van der Waals surface area contributed by atoms with Crippen molar-refractivity contribution in [1.29, 1.82) is 0 Å². The number of hydrogen-bond acceptors (Lipinski definition) is 3. The topological polar surface area (TPSA) is 49.4 Å². The van der Waals surface area contributed by atoms with Gasteiger partial charge in [-0.25, -0.2) is 8.42 Å². The summed E-state index contributed by atoms with van der Waals surface area (Å²) in [7, 11) is -1.53. The third-order valence-electron chi connectivity index (χ3n) is 3.93. The van der Waals surface area contributed by atoms with E-state index in [2.05, 4.69) is 5.32 Å². The Kier molecular flexibility index (Phi) is 4.52. The molecule has 20 heavy (non-hydrogen) atoms. The van der Waals surface area contributed by atoms with E-state index in [-0.39, 0.29) is 6.04 Å². The molecule has 1 saturated heterocycles. The van der Waals surface area contributed by atoms with Crippen LogP contribution in [0.5, 0.6) is 0 Å². The summed E-state index contributed by atoms with van der Waals surface area (Å²) in [5, 5.41) is 3.10. The lowest BCUT2D eigenvalue weighted by Gasteiger charge is -2.25. The number of hydrogen-bond donors (Lipinski definition) is 1. The first-order chi connectivity index (χ1) is 9.37. The summed E-state index contributed by atoms with van der Waals surface area (Å²) in [6.45, 7) is 7.10. The van der Waals surface area contributed by atoms with Gasteiger partial charge in [0.05, 0.1) is 4.90 Å². The van der Waals surface area contributed by atoms with E-state index in [1.54, 1.807) is 4.31 Å². The molecule has 0 spiro atoms. The number of benzene rings is 1. The number of aryl methyl sites for hydroxylation is 3. The Labute approximate surface area is 122 Å². The molecule has 1 unspecified atom stereocenters. The van der Waals surface area contributed by atoms with Crippen LogP contribution in [0.1, 0.15) is 29.5 Å². The first kappa shape index (κ1) is 15.5. The maximum absolute atomic E-state index is 13.0. The fourth-order valence-corrected chi connectivity index (χ4v) is 5.36. The Balaban J connectivity index is 2.45. The van der Waals surface area contributed by atoms with Crippen LogP contribution in [0.3, 0.4) is 0 Å². The Bertz CT molecular complexity index is 573. The van der Waals surface area contributed by atoms with E-state index < -0.39 is 10.0 Å². The van der Waals surface area contributed by atoms with Crippen LogP contribution in [0, 0.1) is 20.8 Å². The van der Waals surface area contributed by atoms with E-state index >= 15 is 0 Å². The van der Waals surface area contributed by atoms with Gasteiger partial charge >= 0.3 is 0 Å². The van der Waals surface area contributed by atoms with Crippen molar-refractivity contribution in [2.24, 2.45) is 0 Å². The molecule has 1 atom stereocenters. The monoisotopic (exact) mass is 296 g/mol. The zero-order valence-electron chi connectivity index (χ0n) is 12.7. The molecule has 1 N–H and O–H groups in total. The van der Waals surface area contributed by atoms with Crippen LogP contribution in [0.4, 0.5) is 0 Å². The van der Waals surface area contributed by atoms with Crippen LogP contribution in [0.2, 0.25) is 0 Å². The predicted molar refractivity (Wildman–Crippen MR) is 81.5 cm³/mol. The summed E-state index contributed by atoms with van der Waals surface area (Å²) in [6, 6.07) is 3.97. The van der Waals surface area contributed by atoms with Gasteiger partial charge in [-0.2, -0.15) is 4.31 Å². The van der Waals surface area contributed by atoms with Crippen molar-refractivity contribution in [1.82, 2.24) is 9.62 Å². The van der Waals surface area contributed by atoms with Gasteiger partial charge in [-0.1, -0.05) is 17.7 Å². The lowest BCUT2D eigenvalue weighted by atomic mass is 10.1. The Morgan fingerprint density at radius 1 is 1.25 bits per heavy atom. The van der Waals surface area contributed by atoms with Crippen LogP contribution in [0.25, 0.3) is 0 Å². The standard InChI is InChI=1S/C15H24N2O2S/c1-11-8-12(2)15(13(3)9-11)20(18,19)17-7-5-6-14(17)10-16-4/h8-9,14,16H,5-7,10H2,1-4H3. The molecule has 0 radical (unpaired) electrons. The third-order valence-corrected chi connectivity index (χ3v) is 6.19. The SMILES string of the molecule is CNCC1CCCN1S(=O)(=O)c1c(C)cc(C)cc1C. The highest BCUT2D eigenvalue weighted by Crippen LogP contribution is 2.30. The van der Waals surface area contributed by atoms with Crippen LogP contribution in [-0.4, -0.2) is 38.9 Å². The molecule has 1 aliphatic heterocycles. The fraction of sp³-hybridized carbons (Fsp3) is 0.600. The van der Waals surface area contributed by atoms with Gasteiger partial charge in [0.15, 0.2) is 0 Å². The summed E-state index contributed by atoms with van der Waals surface area (Å²) in [5.41, 5.74) is 2.79. The van der Waals surface area contributed by atoms with Gasteiger partial charge in [-0.3, -0.25) is 0 Å². The first-order valence-corrected chi connectivity index (χ1v) is 8.56. The van der Waals surface area contributed by atoms with E-state index in [0.29, 0.717) is 18.0 Å². The lowest BCUT2D eigenvalue weighted by Crippen LogP contribution is -2.41. The summed E-state index contributed by atoms with van der Waals surface area (Å²) in [5.74, 6) is 0. The van der Waals surface area contributed by atoms with Crippen LogP contribution in [-0.2, 0) is 10.0 Å². The fourth-order valence-electron chi connectivity index (χ4n) is 3.26.